The van der Waals surface area contributed by atoms with Crippen LogP contribution in [0.4, 0.5) is 0 Å². The van der Waals surface area contributed by atoms with Gasteiger partial charge in [0, 0.05) is 6.20 Å². The zero-order valence-corrected chi connectivity index (χ0v) is 6.91. The molecule has 10 heavy (non-hydrogen) atoms. The van der Waals surface area contributed by atoms with Gasteiger partial charge in [0.2, 0.25) is 14.3 Å². The molecule has 1 aliphatic heterocycles. The lowest BCUT2D eigenvalue weighted by Gasteiger charge is -1.94. The van der Waals surface area contributed by atoms with Crippen LogP contribution in [0.15, 0.2) is 16.1 Å². The molecule has 0 aromatic heterocycles. The van der Waals surface area contributed by atoms with Crippen LogP contribution in [-0.2, 0) is 9.84 Å². The Labute approximate surface area is 64.3 Å². The largest absolute Gasteiger partial charge is 0.232 e. The maximum atomic E-state index is 11.0. The normalized spacial score (nSPS) is 22.2. The lowest BCUT2D eigenvalue weighted by molar-refractivity contribution is 0.612. The SMILES string of the molecule is CCC1=CN=C(Cl)S1(=O)=O. The molecule has 0 aliphatic carbocycles. The van der Waals surface area contributed by atoms with Gasteiger partial charge in [-0.2, -0.15) is 0 Å². The van der Waals surface area contributed by atoms with E-state index in [1.165, 1.54) is 6.20 Å². The van der Waals surface area contributed by atoms with Gasteiger partial charge in [-0.1, -0.05) is 6.92 Å². The van der Waals surface area contributed by atoms with Crippen LogP contribution in [0.3, 0.4) is 0 Å². The van der Waals surface area contributed by atoms with Crippen LogP contribution in [0.2, 0.25) is 0 Å². The predicted molar refractivity (Wildman–Crippen MR) is 40.6 cm³/mol. The number of allylic oxidation sites excluding steroid dienone is 1. The first-order valence-corrected chi connectivity index (χ1v) is 4.62. The van der Waals surface area contributed by atoms with E-state index in [1.807, 2.05) is 0 Å². The van der Waals surface area contributed by atoms with Crippen molar-refractivity contribution < 1.29 is 8.42 Å². The van der Waals surface area contributed by atoms with Crippen LogP contribution >= 0.6 is 11.6 Å². The first kappa shape index (κ1) is 7.75. The highest BCUT2D eigenvalue weighted by Crippen LogP contribution is 2.21. The van der Waals surface area contributed by atoms with E-state index in [4.69, 9.17) is 11.6 Å². The molecule has 0 radical (unpaired) electrons. The van der Waals surface area contributed by atoms with Crippen molar-refractivity contribution >= 4 is 25.9 Å². The second kappa shape index (κ2) is 2.36. The average Bonchev–Trinajstić information content (AvgIpc) is 2.10. The van der Waals surface area contributed by atoms with Crippen LogP contribution in [0, 0.1) is 0 Å². The minimum absolute atomic E-state index is 0.289. The van der Waals surface area contributed by atoms with E-state index >= 15 is 0 Å². The highest BCUT2D eigenvalue weighted by atomic mass is 35.5. The van der Waals surface area contributed by atoms with E-state index in [0.717, 1.165) is 0 Å². The van der Waals surface area contributed by atoms with Crippen LogP contribution < -0.4 is 0 Å². The van der Waals surface area contributed by atoms with Crippen molar-refractivity contribution in [3.05, 3.63) is 11.1 Å². The molecule has 0 fully saturated rings. The van der Waals surface area contributed by atoms with Gasteiger partial charge in [-0.15, -0.1) is 0 Å². The molecule has 0 aromatic carbocycles. The monoisotopic (exact) mass is 179 g/mol. The summed E-state index contributed by atoms with van der Waals surface area (Å²) in [6, 6.07) is 0. The molecule has 0 atom stereocenters. The van der Waals surface area contributed by atoms with E-state index in [9.17, 15) is 8.42 Å². The number of sulfone groups is 1. The fraction of sp³-hybridized carbons (Fsp3) is 0.400. The van der Waals surface area contributed by atoms with Gasteiger partial charge < -0.3 is 0 Å². The summed E-state index contributed by atoms with van der Waals surface area (Å²) in [7, 11) is -3.34. The minimum Gasteiger partial charge on any atom is -0.232 e. The van der Waals surface area contributed by atoms with Gasteiger partial charge in [-0.25, -0.2) is 13.4 Å². The van der Waals surface area contributed by atoms with Crippen LogP contribution in [-0.4, -0.2) is 12.9 Å². The molecule has 1 rings (SSSR count). The van der Waals surface area contributed by atoms with Crippen molar-refractivity contribution in [1.82, 2.24) is 0 Å². The Morgan fingerprint density at radius 2 is 2.30 bits per heavy atom. The van der Waals surface area contributed by atoms with E-state index in [2.05, 4.69) is 4.99 Å². The molecule has 0 spiro atoms. The Morgan fingerprint density at radius 3 is 2.50 bits per heavy atom. The molecule has 0 aromatic rings. The fourth-order valence-electron chi connectivity index (χ4n) is 0.651. The van der Waals surface area contributed by atoms with E-state index in [-0.39, 0.29) is 9.41 Å². The molecule has 56 valence electrons. The Kier molecular flexibility index (Phi) is 1.83. The zero-order valence-electron chi connectivity index (χ0n) is 5.33. The maximum absolute atomic E-state index is 11.0. The van der Waals surface area contributed by atoms with E-state index in [0.29, 0.717) is 6.42 Å². The highest BCUT2D eigenvalue weighted by molar-refractivity contribution is 8.12. The summed E-state index contributed by atoms with van der Waals surface area (Å²) in [6.07, 6.45) is 1.74. The summed E-state index contributed by atoms with van der Waals surface area (Å²) < 4.78 is 21.7. The number of nitrogens with zero attached hydrogens (tertiary/aromatic N) is 1. The molecule has 0 saturated heterocycles. The molecule has 0 unspecified atom stereocenters. The van der Waals surface area contributed by atoms with Gasteiger partial charge in [0.05, 0.1) is 4.91 Å². The van der Waals surface area contributed by atoms with Crippen molar-refractivity contribution in [2.24, 2.45) is 4.99 Å². The number of halogens is 1. The molecule has 5 heteroatoms. The third-order valence-electron chi connectivity index (χ3n) is 1.23. The van der Waals surface area contributed by atoms with Crippen molar-refractivity contribution in [2.75, 3.05) is 0 Å². The Hall–Kier alpha value is -0.350. The van der Waals surface area contributed by atoms with Gasteiger partial charge in [0.25, 0.3) is 0 Å². The van der Waals surface area contributed by atoms with Gasteiger partial charge in [-0.05, 0) is 18.0 Å². The number of hydrogen-bond donors (Lipinski definition) is 0. The summed E-state index contributed by atoms with van der Waals surface area (Å²) in [5, 5.41) is 0. The first-order chi connectivity index (χ1) is 4.59. The minimum atomic E-state index is -3.34. The quantitative estimate of drug-likeness (QED) is 0.609. The number of hydrogen-bond acceptors (Lipinski definition) is 3. The van der Waals surface area contributed by atoms with Crippen LogP contribution in [0.25, 0.3) is 0 Å². The summed E-state index contributed by atoms with van der Waals surface area (Å²) in [4.78, 5) is 3.76. The third kappa shape index (κ3) is 0.973. The summed E-state index contributed by atoms with van der Waals surface area (Å²) >= 11 is 5.29. The van der Waals surface area contributed by atoms with Crippen LogP contribution in [0.1, 0.15) is 13.3 Å². The van der Waals surface area contributed by atoms with Gasteiger partial charge in [0.1, 0.15) is 0 Å². The number of aliphatic imine (C=N–C) groups is 1. The fourth-order valence-corrected chi connectivity index (χ4v) is 1.98. The van der Waals surface area contributed by atoms with E-state index < -0.39 is 9.84 Å². The van der Waals surface area contributed by atoms with Crippen molar-refractivity contribution in [3.8, 4) is 0 Å². The van der Waals surface area contributed by atoms with Crippen molar-refractivity contribution in [3.63, 3.8) is 0 Å². The standard InChI is InChI=1S/C5H6ClNO2S/c1-2-4-3-7-5(6)10(4,8)9/h3H,2H2,1H3. The Balaban J connectivity index is 3.14. The van der Waals surface area contributed by atoms with Gasteiger partial charge in [0.15, 0.2) is 0 Å². The van der Waals surface area contributed by atoms with E-state index in [1.54, 1.807) is 6.92 Å². The van der Waals surface area contributed by atoms with Gasteiger partial charge >= 0.3 is 0 Å². The highest BCUT2D eigenvalue weighted by Gasteiger charge is 2.26. The summed E-state index contributed by atoms with van der Waals surface area (Å²) in [6.45, 7) is 1.74. The molecule has 3 nitrogen and oxygen atoms in total. The third-order valence-corrected chi connectivity index (χ3v) is 3.57. The van der Waals surface area contributed by atoms with Crippen molar-refractivity contribution in [1.29, 1.82) is 0 Å². The first-order valence-electron chi connectivity index (χ1n) is 2.76. The second-order valence-corrected chi connectivity index (χ2v) is 4.33. The molecule has 0 amide bonds. The van der Waals surface area contributed by atoms with Crippen LogP contribution in [0.5, 0.6) is 0 Å². The smallest absolute Gasteiger partial charge is 0.232 e. The lowest BCUT2D eigenvalue weighted by atomic mass is 10.5. The molecule has 1 heterocycles. The number of rotatable bonds is 1. The summed E-state index contributed by atoms with van der Waals surface area (Å²) in [5.41, 5.74) is 0. The zero-order chi connectivity index (χ0) is 7.78. The molecule has 0 bridgehead atoms. The topological polar surface area (TPSA) is 46.5 Å². The Morgan fingerprint density at radius 1 is 1.70 bits per heavy atom. The molecule has 0 N–H and O–H groups in total. The molecule has 1 aliphatic rings. The molecular formula is C5H6ClNO2S. The molecule has 0 saturated carbocycles. The summed E-state index contributed by atoms with van der Waals surface area (Å²) in [5.74, 6) is 0. The van der Waals surface area contributed by atoms with Gasteiger partial charge in [-0.3, -0.25) is 0 Å². The predicted octanol–water partition coefficient (Wildman–Crippen LogP) is 1.26. The van der Waals surface area contributed by atoms with Crippen molar-refractivity contribution in [2.45, 2.75) is 13.3 Å². The maximum Gasteiger partial charge on any atom is 0.232 e. The molecular weight excluding hydrogens is 174 g/mol. The average molecular weight is 180 g/mol. The Bertz CT molecular complexity index is 302. The second-order valence-electron chi connectivity index (χ2n) is 1.83. The lowest BCUT2D eigenvalue weighted by Crippen LogP contribution is -2.05.